The van der Waals surface area contributed by atoms with Crippen molar-refractivity contribution in [2.24, 2.45) is 14.1 Å². The Balaban J connectivity index is 1.56. The van der Waals surface area contributed by atoms with Crippen LogP contribution in [-0.4, -0.2) is 34.5 Å². The number of nitro benzene ring substituents is 1. The van der Waals surface area contributed by atoms with Crippen LogP contribution in [0.4, 0.5) is 10.8 Å². The van der Waals surface area contributed by atoms with E-state index in [0.29, 0.717) is 22.0 Å². The van der Waals surface area contributed by atoms with Crippen LogP contribution in [0, 0.1) is 17.0 Å². The summed E-state index contributed by atoms with van der Waals surface area (Å²) in [5, 5.41) is 15.8. The highest BCUT2D eigenvalue weighted by Crippen LogP contribution is 2.29. The van der Waals surface area contributed by atoms with Gasteiger partial charge in [-0.15, -0.1) is 11.3 Å². The third kappa shape index (κ3) is 3.58. The third-order valence-corrected chi connectivity index (χ3v) is 5.74. The van der Waals surface area contributed by atoms with Crippen LogP contribution in [0.2, 0.25) is 0 Å². The number of rotatable bonds is 5. The number of amides is 1. The van der Waals surface area contributed by atoms with Crippen LogP contribution in [-0.2, 0) is 25.4 Å². The van der Waals surface area contributed by atoms with Gasteiger partial charge in [-0.1, -0.05) is 12.1 Å². The number of hydrogen-bond acceptors (Lipinski definition) is 8. The number of carbonyl (C=O) groups excluding carboxylic acids is 1. The summed E-state index contributed by atoms with van der Waals surface area (Å²) in [6, 6.07) is 4.80. The fourth-order valence-corrected chi connectivity index (χ4v) is 4.00. The number of aryl methyl sites for hydroxylation is 2. The van der Waals surface area contributed by atoms with Gasteiger partial charge < -0.3 is 9.88 Å². The van der Waals surface area contributed by atoms with Crippen molar-refractivity contribution < 1.29 is 9.72 Å². The molecule has 0 saturated heterocycles. The third-order valence-electron chi connectivity index (χ3n) is 4.98. The molecule has 13 heteroatoms. The number of carbonyl (C=O) groups is 1. The average molecular weight is 455 g/mol. The first kappa shape index (κ1) is 21.1. The summed E-state index contributed by atoms with van der Waals surface area (Å²) in [7, 11) is 2.85. The van der Waals surface area contributed by atoms with E-state index in [4.69, 9.17) is 0 Å². The fraction of sp³-hybridized carbons (Fsp3) is 0.211. The Bertz CT molecular complexity index is 1510. The van der Waals surface area contributed by atoms with Gasteiger partial charge in [0.05, 0.1) is 16.9 Å². The van der Waals surface area contributed by atoms with Crippen LogP contribution in [0.5, 0.6) is 0 Å². The van der Waals surface area contributed by atoms with Crippen LogP contribution < -0.4 is 16.6 Å². The van der Waals surface area contributed by atoms with Gasteiger partial charge in [-0.2, -0.15) is 0 Å². The summed E-state index contributed by atoms with van der Waals surface area (Å²) in [6.07, 6.45) is 1.32. The van der Waals surface area contributed by atoms with Gasteiger partial charge in [-0.05, 0) is 6.92 Å². The van der Waals surface area contributed by atoms with Crippen LogP contribution >= 0.6 is 11.3 Å². The molecule has 12 nitrogen and oxygen atoms in total. The molecule has 3 aromatic heterocycles. The van der Waals surface area contributed by atoms with Crippen molar-refractivity contribution in [3.05, 3.63) is 66.4 Å². The lowest BCUT2D eigenvalue weighted by molar-refractivity contribution is -0.385. The van der Waals surface area contributed by atoms with Crippen molar-refractivity contribution in [2.75, 3.05) is 5.32 Å². The van der Waals surface area contributed by atoms with Gasteiger partial charge in [0.1, 0.15) is 6.54 Å². The molecule has 0 radical (unpaired) electrons. The summed E-state index contributed by atoms with van der Waals surface area (Å²) in [6.45, 7) is 1.44. The van der Waals surface area contributed by atoms with E-state index in [-0.39, 0.29) is 23.4 Å². The molecule has 0 fully saturated rings. The largest absolute Gasteiger partial charge is 0.332 e. The Morgan fingerprint density at radius 1 is 1.25 bits per heavy atom. The number of hydrogen-bond donors (Lipinski definition) is 1. The molecular weight excluding hydrogens is 438 g/mol. The monoisotopic (exact) mass is 455 g/mol. The highest BCUT2D eigenvalue weighted by molar-refractivity contribution is 7.14. The topological polar surface area (TPSA) is 147 Å². The Morgan fingerprint density at radius 3 is 2.72 bits per heavy atom. The van der Waals surface area contributed by atoms with Crippen molar-refractivity contribution in [1.82, 2.24) is 23.7 Å². The number of aromatic nitrogens is 5. The van der Waals surface area contributed by atoms with Gasteiger partial charge in [0.2, 0.25) is 5.91 Å². The molecule has 4 aromatic rings. The van der Waals surface area contributed by atoms with E-state index < -0.39 is 22.1 Å². The van der Waals surface area contributed by atoms with Crippen molar-refractivity contribution in [1.29, 1.82) is 0 Å². The van der Waals surface area contributed by atoms with Gasteiger partial charge in [-0.3, -0.25) is 28.8 Å². The van der Waals surface area contributed by atoms with E-state index in [2.05, 4.69) is 15.3 Å². The number of thiazole rings is 1. The molecule has 0 aliphatic heterocycles. The highest BCUT2D eigenvalue weighted by Gasteiger charge is 2.17. The van der Waals surface area contributed by atoms with E-state index in [0.717, 1.165) is 4.57 Å². The number of imidazole rings is 1. The number of nitrogens with one attached hydrogen (secondary N) is 1. The number of fused-ring (bicyclic) bond motifs is 1. The fourth-order valence-electron chi connectivity index (χ4n) is 3.26. The lowest BCUT2D eigenvalue weighted by atomic mass is 10.1. The molecule has 0 spiro atoms. The Labute approximate surface area is 183 Å². The van der Waals surface area contributed by atoms with Crippen LogP contribution in [0.3, 0.4) is 0 Å². The predicted molar refractivity (Wildman–Crippen MR) is 118 cm³/mol. The second-order valence-corrected chi connectivity index (χ2v) is 7.95. The summed E-state index contributed by atoms with van der Waals surface area (Å²) >= 11 is 1.17. The van der Waals surface area contributed by atoms with Gasteiger partial charge in [-0.25, -0.2) is 14.8 Å². The lowest BCUT2D eigenvalue weighted by Crippen LogP contribution is -2.37. The van der Waals surface area contributed by atoms with Crippen molar-refractivity contribution >= 4 is 39.2 Å². The zero-order valence-corrected chi connectivity index (χ0v) is 18.0. The van der Waals surface area contributed by atoms with Crippen LogP contribution in [0.25, 0.3) is 22.4 Å². The first-order valence-corrected chi connectivity index (χ1v) is 10.2. The van der Waals surface area contributed by atoms with E-state index in [9.17, 15) is 24.5 Å². The van der Waals surface area contributed by atoms with E-state index in [1.165, 1.54) is 47.0 Å². The summed E-state index contributed by atoms with van der Waals surface area (Å²) in [5.74, 6) is -0.448. The molecule has 4 rings (SSSR count). The standard InChI is InChI=1S/C19H17N7O5S/c1-10-4-5-11(6-13(10)26(30)31)12-8-32-18(21-12)22-14(27)7-25-9-20-16-15(25)17(28)24(3)19(29)23(16)2/h4-6,8-9H,7H2,1-3H3,(H,21,22,27). The zero-order chi connectivity index (χ0) is 23.2. The van der Waals surface area contributed by atoms with Gasteiger partial charge >= 0.3 is 5.69 Å². The summed E-state index contributed by atoms with van der Waals surface area (Å²) in [4.78, 5) is 56.2. The molecule has 0 bridgehead atoms. The molecule has 32 heavy (non-hydrogen) atoms. The molecule has 164 valence electrons. The maximum absolute atomic E-state index is 12.5. The number of nitro groups is 1. The SMILES string of the molecule is Cc1ccc(-c2csc(NC(=O)Cn3cnc4c3c(=O)n(C)c(=O)n4C)n2)cc1[N+](=O)[O-]. The van der Waals surface area contributed by atoms with E-state index in [1.54, 1.807) is 24.4 Å². The minimum Gasteiger partial charge on any atom is -0.315 e. The Kier molecular flexibility index (Phi) is 5.18. The number of nitrogens with zero attached hydrogens (tertiary/aromatic N) is 6. The Morgan fingerprint density at radius 2 is 2.00 bits per heavy atom. The van der Waals surface area contributed by atoms with Crippen LogP contribution in [0.15, 0.2) is 39.5 Å². The highest BCUT2D eigenvalue weighted by atomic mass is 32.1. The molecule has 1 N–H and O–H groups in total. The van der Waals surface area contributed by atoms with Gasteiger partial charge in [0.15, 0.2) is 16.3 Å². The molecular formula is C19H17N7O5S. The first-order valence-electron chi connectivity index (χ1n) is 9.29. The van der Waals surface area contributed by atoms with Crippen molar-refractivity contribution in [3.8, 4) is 11.3 Å². The second kappa shape index (κ2) is 7.85. The van der Waals surface area contributed by atoms with Gasteiger partial charge in [0, 0.05) is 36.7 Å². The summed E-state index contributed by atoms with van der Waals surface area (Å²) in [5.41, 5.74) is 0.840. The number of benzene rings is 1. The smallest absolute Gasteiger partial charge is 0.315 e. The Hall–Kier alpha value is -4.13. The first-order chi connectivity index (χ1) is 15.2. The molecule has 3 heterocycles. The van der Waals surface area contributed by atoms with Crippen molar-refractivity contribution in [2.45, 2.75) is 13.5 Å². The maximum Gasteiger partial charge on any atom is 0.332 e. The predicted octanol–water partition coefficient (Wildman–Crippen LogP) is 1.41. The average Bonchev–Trinajstić information content (AvgIpc) is 3.38. The van der Waals surface area contributed by atoms with E-state index in [1.807, 2.05) is 0 Å². The maximum atomic E-state index is 12.5. The van der Waals surface area contributed by atoms with Crippen molar-refractivity contribution in [3.63, 3.8) is 0 Å². The molecule has 0 unspecified atom stereocenters. The minimum atomic E-state index is -0.550. The van der Waals surface area contributed by atoms with E-state index >= 15 is 0 Å². The number of anilines is 1. The van der Waals surface area contributed by atoms with Crippen LogP contribution in [0.1, 0.15) is 5.56 Å². The normalized spacial score (nSPS) is 11.1. The summed E-state index contributed by atoms with van der Waals surface area (Å²) < 4.78 is 3.55. The second-order valence-electron chi connectivity index (χ2n) is 7.09. The molecule has 0 atom stereocenters. The van der Waals surface area contributed by atoms with Gasteiger partial charge in [0.25, 0.3) is 11.2 Å². The molecule has 1 aromatic carbocycles. The molecule has 0 aliphatic rings. The lowest BCUT2D eigenvalue weighted by Gasteiger charge is -2.06. The molecule has 1 amide bonds. The minimum absolute atomic E-state index is 0.0101. The quantitative estimate of drug-likeness (QED) is 0.353. The molecule has 0 saturated carbocycles. The zero-order valence-electron chi connectivity index (χ0n) is 17.2. The molecule has 0 aliphatic carbocycles.